The highest BCUT2D eigenvalue weighted by Crippen LogP contribution is 2.35. The molecule has 3 aromatic rings. The van der Waals surface area contributed by atoms with Crippen LogP contribution in [-0.2, 0) is 0 Å². The van der Waals surface area contributed by atoms with Crippen LogP contribution < -0.4 is 4.74 Å². The lowest BCUT2D eigenvalue weighted by atomic mass is 10.0. The summed E-state index contributed by atoms with van der Waals surface area (Å²) in [6.45, 7) is 3.56. The number of rotatable bonds is 2. The molecule has 0 saturated heterocycles. The first-order valence-corrected chi connectivity index (χ1v) is 6.88. The van der Waals surface area contributed by atoms with Gasteiger partial charge in [-0.2, -0.15) is 0 Å². The fourth-order valence-corrected chi connectivity index (χ4v) is 2.79. The number of carbonyl (C=O) groups is 1. The van der Waals surface area contributed by atoms with Gasteiger partial charge in [0.15, 0.2) is 0 Å². The number of ether oxygens (including phenoxy) is 1. The molecule has 0 fully saturated rings. The van der Waals surface area contributed by atoms with Gasteiger partial charge in [-0.15, -0.1) is 0 Å². The van der Waals surface area contributed by atoms with Crippen molar-refractivity contribution in [2.75, 3.05) is 7.11 Å². The molecule has 0 unspecified atom stereocenters. The van der Waals surface area contributed by atoms with Gasteiger partial charge in [0.1, 0.15) is 5.75 Å². The minimum atomic E-state index is -0.00136. The molecule has 0 spiro atoms. The van der Waals surface area contributed by atoms with E-state index in [1.165, 1.54) is 0 Å². The fraction of sp³-hybridized carbons (Fsp3) is 0.167. The van der Waals surface area contributed by atoms with Gasteiger partial charge >= 0.3 is 0 Å². The largest absolute Gasteiger partial charge is 0.496 e. The lowest BCUT2D eigenvalue weighted by Gasteiger charge is -2.08. The SMILES string of the molecule is COc1ccc2c(-c3ccccc3)cn(C(C)=O)c2c1C. The number of hydrogen-bond donors (Lipinski definition) is 0. The molecule has 0 radical (unpaired) electrons. The van der Waals surface area contributed by atoms with E-state index >= 15 is 0 Å². The molecule has 0 saturated carbocycles. The van der Waals surface area contributed by atoms with Gasteiger partial charge in [0, 0.05) is 29.6 Å². The van der Waals surface area contributed by atoms with E-state index in [2.05, 4.69) is 12.1 Å². The van der Waals surface area contributed by atoms with Crippen LogP contribution in [0, 0.1) is 6.92 Å². The summed E-state index contributed by atoms with van der Waals surface area (Å²) in [6.07, 6.45) is 1.91. The van der Waals surface area contributed by atoms with Crippen LogP contribution in [0.5, 0.6) is 5.75 Å². The zero-order valence-corrected chi connectivity index (χ0v) is 12.4. The summed E-state index contributed by atoms with van der Waals surface area (Å²) >= 11 is 0. The maximum absolute atomic E-state index is 12.0. The molecule has 1 aromatic heterocycles. The molecule has 1 heterocycles. The summed E-state index contributed by atoms with van der Waals surface area (Å²) in [5.41, 5.74) is 4.06. The second-order valence-corrected chi connectivity index (χ2v) is 5.09. The van der Waals surface area contributed by atoms with Gasteiger partial charge in [-0.05, 0) is 24.6 Å². The van der Waals surface area contributed by atoms with Crippen molar-refractivity contribution in [1.29, 1.82) is 0 Å². The third-order valence-corrected chi connectivity index (χ3v) is 3.81. The highest BCUT2D eigenvalue weighted by atomic mass is 16.5. The number of hydrogen-bond acceptors (Lipinski definition) is 2. The van der Waals surface area contributed by atoms with E-state index in [0.717, 1.165) is 33.3 Å². The molecule has 3 nitrogen and oxygen atoms in total. The molecule has 21 heavy (non-hydrogen) atoms. The summed E-state index contributed by atoms with van der Waals surface area (Å²) < 4.78 is 7.08. The van der Waals surface area contributed by atoms with Gasteiger partial charge < -0.3 is 4.74 Å². The summed E-state index contributed by atoms with van der Waals surface area (Å²) in [7, 11) is 1.65. The van der Waals surface area contributed by atoms with Gasteiger partial charge in [0.2, 0.25) is 5.91 Å². The molecule has 0 atom stereocenters. The average molecular weight is 279 g/mol. The summed E-state index contributed by atoms with van der Waals surface area (Å²) in [5.74, 6) is 0.793. The van der Waals surface area contributed by atoms with Gasteiger partial charge in [0.05, 0.1) is 12.6 Å². The first-order chi connectivity index (χ1) is 10.1. The van der Waals surface area contributed by atoms with E-state index in [1.807, 2.05) is 43.5 Å². The minimum Gasteiger partial charge on any atom is -0.496 e. The zero-order chi connectivity index (χ0) is 15.0. The molecule has 106 valence electrons. The second-order valence-electron chi connectivity index (χ2n) is 5.09. The number of aromatic nitrogens is 1. The summed E-state index contributed by atoms with van der Waals surface area (Å²) in [6, 6.07) is 14.1. The van der Waals surface area contributed by atoms with Crippen LogP contribution >= 0.6 is 0 Å². The molecule has 0 aliphatic heterocycles. The lowest BCUT2D eigenvalue weighted by molar-refractivity contribution is 0.0941. The quantitative estimate of drug-likeness (QED) is 0.701. The Hall–Kier alpha value is -2.55. The Kier molecular flexibility index (Phi) is 3.26. The Morgan fingerprint density at radius 3 is 2.43 bits per heavy atom. The van der Waals surface area contributed by atoms with Crippen LogP contribution in [0.1, 0.15) is 17.3 Å². The van der Waals surface area contributed by atoms with E-state index in [1.54, 1.807) is 18.6 Å². The van der Waals surface area contributed by atoms with Crippen molar-refractivity contribution in [3.8, 4) is 16.9 Å². The van der Waals surface area contributed by atoms with Gasteiger partial charge in [0.25, 0.3) is 0 Å². The summed E-state index contributed by atoms with van der Waals surface area (Å²) in [5, 5.41) is 1.06. The number of benzene rings is 2. The van der Waals surface area contributed by atoms with Gasteiger partial charge in [-0.1, -0.05) is 30.3 Å². The molecule has 2 aromatic carbocycles. The van der Waals surface area contributed by atoms with Crippen molar-refractivity contribution >= 4 is 16.8 Å². The van der Waals surface area contributed by atoms with Crippen molar-refractivity contribution in [3.05, 3.63) is 54.2 Å². The maximum atomic E-state index is 12.0. The second kappa shape index (κ2) is 5.09. The Morgan fingerprint density at radius 2 is 1.81 bits per heavy atom. The lowest BCUT2D eigenvalue weighted by Crippen LogP contribution is -2.04. The average Bonchev–Trinajstić information content (AvgIpc) is 2.89. The van der Waals surface area contributed by atoms with Crippen molar-refractivity contribution in [2.45, 2.75) is 13.8 Å². The van der Waals surface area contributed by atoms with Crippen molar-refractivity contribution in [1.82, 2.24) is 4.57 Å². The van der Waals surface area contributed by atoms with Crippen LogP contribution in [0.25, 0.3) is 22.0 Å². The minimum absolute atomic E-state index is 0.00136. The Balaban J connectivity index is 2.39. The highest BCUT2D eigenvalue weighted by Gasteiger charge is 2.16. The number of aryl methyl sites for hydroxylation is 1. The third kappa shape index (κ3) is 2.11. The van der Waals surface area contributed by atoms with Crippen LogP contribution in [0.4, 0.5) is 0 Å². The number of carbonyl (C=O) groups excluding carboxylic acids is 1. The van der Waals surface area contributed by atoms with Crippen molar-refractivity contribution < 1.29 is 9.53 Å². The van der Waals surface area contributed by atoms with Crippen molar-refractivity contribution in [2.24, 2.45) is 0 Å². The van der Waals surface area contributed by atoms with Crippen LogP contribution in [0.15, 0.2) is 48.7 Å². The van der Waals surface area contributed by atoms with E-state index in [0.29, 0.717) is 0 Å². The molecule has 0 bridgehead atoms. The zero-order valence-electron chi connectivity index (χ0n) is 12.4. The van der Waals surface area contributed by atoms with Crippen LogP contribution in [0.2, 0.25) is 0 Å². The monoisotopic (exact) mass is 279 g/mol. The molecular weight excluding hydrogens is 262 g/mol. The van der Waals surface area contributed by atoms with Crippen molar-refractivity contribution in [3.63, 3.8) is 0 Å². The molecule has 0 aliphatic carbocycles. The molecular formula is C18H17NO2. The van der Waals surface area contributed by atoms with E-state index in [-0.39, 0.29) is 5.91 Å². The predicted octanol–water partition coefficient (Wildman–Crippen LogP) is 4.29. The van der Waals surface area contributed by atoms with E-state index in [9.17, 15) is 4.79 Å². The maximum Gasteiger partial charge on any atom is 0.227 e. The van der Waals surface area contributed by atoms with E-state index in [4.69, 9.17) is 4.74 Å². The third-order valence-electron chi connectivity index (χ3n) is 3.81. The number of fused-ring (bicyclic) bond motifs is 1. The molecule has 0 N–H and O–H groups in total. The summed E-state index contributed by atoms with van der Waals surface area (Å²) in [4.78, 5) is 12.0. The standard InChI is InChI=1S/C18H17NO2/c1-12-17(21-3)10-9-15-16(14-7-5-4-6-8-14)11-19(13(2)20)18(12)15/h4-11H,1-3H3. The molecule has 0 aliphatic rings. The molecule has 3 rings (SSSR count). The smallest absolute Gasteiger partial charge is 0.227 e. The van der Waals surface area contributed by atoms with Gasteiger partial charge in [-0.3, -0.25) is 9.36 Å². The Morgan fingerprint density at radius 1 is 1.10 bits per heavy atom. The first-order valence-electron chi connectivity index (χ1n) is 6.88. The number of methoxy groups -OCH3 is 1. The van der Waals surface area contributed by atoms with Crippen LogP contribution in [0.3, 0.4) is 0 Å². The molecule has 0 amide bonds. The Bertz CT molecular complexity index is 816. The van der Waals surface area contributed by atoms with Crippen LogP contribution in [-0.4, -0.2) is 17.6 Å². The van der Waals surface area contributed by atoms with Gasteiger partial charge in [-0.25, -0.2) is 0 Å². The fourth-order valence-electron chi connectivity index (χ4n) is 2.79. The van der Waals surface area contributed by atoms with E-state index < -0.39 is 0 Å². The Labute approximate surface area is 123 Å². The molecule has 3 heteroatoms. The first kappa shape index (κ1) is 13.4. The number of nitrogens with zero attached hydrogens (tertiary/aromatic N) is 1. The highest BCUT2D eigenvalue weighted by molar-refractivity contribution is 6.03. The topological polar surface area (TPSA) is 31.2 Å². The normalized spacial score (nSPS) is 10.8. The predicted molar refractivity (Wildman–Crippen MR) is 85.0 cm³/mol.